The summed E-state index contributed by atoms with van der Waals surface area (Å²) in [5, 5.41) is 9.98. The number of methoxy groups -OCH3 is 1. The van der Waals surface area contributed by atoms with Crippen LogP contribution in [0.2, 0.25) is 0 Å². The van der Waals surface area contributed by atoms with Gasteiger partial charge in [-0.3, -0.25) is 4.79 Å². The highest BCUT2D eigenvalue weighted by atomic mass is 19.4. The third-order valence-corrected chi connectivity index (χ3v) is 7.18. The molecule has 0 radical (unpaired) electrons. The zero-order chi connectivity index (χ0) is 28.9. The lowest BCUT2D eigenvalue weighted by Gasteiger charge is -2.35. The smallest absolute Gasteiger partial charge is 0.406 e. The molecule has 2 aromatic carbocycles. The molecule has 0 unspecified atom stereocenters. The molecule has 0 atom stereocenters. The monoisotopic (exact) mass is 555 g/mol. The van der Waals surface area contributed by atoms with Gasteiger partial charge < -0.3 is 30.2 Å². The quantitative estimate of drug-likeness (QED) is 0.328. The summed E-state index contributed by atoms with van der Waals surface area (Å²) in [4.78, 5) is 14.3. The highest BCUT2D eigenvalue weighted by molar-refractivity contribution is 5.95. The van der Waals surface area contributed by atoms with Gasteiger partial charge in [0.15, 0.2) is 0 Å². The number of benzene rings is 2. The van der Waals surface area contributed by atoms with Crippen molar-refractivity contribution in [3.8, 4) is 17.6 Å². The number of likely N-dealkylation sites (tertiary alicyclic amines) is 1. The molecule has 1 saturated heterocycles. The molecule has 40 heavy (non-hydrogen) atoms. The second-order valence-electron chi connectivity index (χ2n) is 10.2. The van der Waals surface area contributed by atoms with Gasteiger partial charge >= 0.3 is 6.18 Å². The molecule has 4 rings (SSSR count). The molecule has 1 aromatic heterocycles. The normalized spacial score (nSPS) is 14.6. The van der Waals surface area contributed by atoms with E-state index in [1.807, 2.05) is 6.07 Å². The number of carbonyl (C=O) groups excluding carboxylic acids is 1. The highest BCUT2D eigenvalue weighted by Crippen LogP contribution is 2.31. The highest BCUT2D eigenvalue weighted by Gasteiger charge is 2.30. The number of hydrogen-bond donors (Lipinski definition) is 3. The van der Waals surface area contributed by atoms with Crippen molar-refractivity contribution in [1.29, 1.82) is 0 Å². The van der Waals surface area contributed by atoms with Crippen LogP contribution in [0.15, 0.2) is 42.5 Å². The van der Waals surface area contributed by atoms with E-state index in [0.717, 1.165) is 37.0 Å². The first-order valence-corrected chi connectivity index (χ1v) is 13.4. The zero-order valence-corrected chi connectivity index (χ0v) is 23.3. The fourth-order valence-corrected chi connectivity index (χ4v) is 5.04. The predicted molar refractivity (Wildman–Crippen MR) is 153 cm³/mol. The van der Waals surface area contributed by atoms with Crippen molar-refractivity contribution in [3.63, 3.8) is 0 Å². The summed E-state index contributed by atoms with van der Waals surface area (Å²) in [7, 11) is 3.04. The molecule has 10 heteroatoms. The lowest BCUT2D eigenvalue weighted by molar-refractivity contribution is -0.140. The molecule has 0 bridgehead atoms. The fourth-order valence-electron chi connectivity index (χ4n) is 5.04. The van der Waals surface area contributed by atoms with Crippen LogP contribution in [0.25, 0.3) is 10.9 Å². The van der Waals surface area contributed by atoms with Gasteiger partial charge in [-0.1, -0.05) is 12.0 Å². The average molecular weight is 556 g/mol. The van der Waals surface area contributed by atoms with Crippen LogP contribution in [-0.2, 0) is 6.54 Å². The minimum absolute atomic E-state index is 0.169. The van der Waals surface area contributed by atoms with E-state index in [2.05, 4.69) is 46.5 Å². The first kappa shape index (κ1) is 29.2. The Morgan fingerprint density at radius 1 is 1.12 bits per heavy atom. The van der Waals surface area contributed by atoms with Gasteiger partial charge in [0.1, 0.15) is 12.3 Å². The van der Waals surface area contributed by atoms with Crippen molar-refractivity contribution in [2.45, 2.75) is 51.5 Å². The van der Waals surface area contributed by atoms with Crippen LogP contribution >= 0.6 is 0 Å². The lowest BCUT2D eigenvalue weighted by atomic mass is 10.0. The maximum atomic E-state index is 13.6. The summed E-state index contributed by atoms with van der Waals surface area (Å²) in [6.07, 6.45) is -2.44. The number of anilines is 2. The van der Waals surface area contributed by atoms with Crippen LogP contribution in [0.4, 0.5) is 24.5 Å². The summed E-state index contributed by atoms with van der Waals surface area (Å²) in [6, 6.07) is 12.9. The van der Waals surface area contributed by atoms with Gasteiger partial charge in [0.25, 0.3) is 5.91 Å². The van der Waals surface area contributed by atoms with E-state index >= 15 is 0 Å². The van der Waals surface area contributed by atoms with Crippen molar-refractivity contribution in [3.05, 3.63) is 53.7 Å². The average Bonchev–Trinajstić information content (AvgIpc) is 3.27. The number of amides is 1. The molecule has 1 fully saturated rings. The number of hydrogen-bond acceptors (Lipinski definition) is 5. The Hall–Kier alpha value is -3.84. The van der Waals surface area contributed by atoms with E-state index in [1.165, 1.54) is 11.7 Å². The molecule has 1 aliphatic rings. The van der Waals surface area contributed by atoms with E-state index in [-0.39, 0.29) is 18.5 Å². The Balaban J connectivity index is 1.56. The fraction of sp³-hybridized carbons (Fsp3) is 0.433. The molecule has 3 N–H and O–H groups in total. The number of nitrogens with one attached hydrogen (secondary N) is 3. The minimum Gasteiger partial charge on any atom is -0.495 e. The number of carbonyl (C=O) groups is 1. The second-order valence-corrected chi connectivity index (χ2v) is 10.2. The molecule has 0 aliphatic carbocycles. The van der Waals surface area contributed by atoms with Crippen LogP contribution in [-0.4, -0.2) is 67.4 Å². The van der Waals surface area contributed by atoms with Crippen LogP contribution in [0.1, 0.15) is 42.7 Å². The SMILES string of the molecule is CNC(=O)c1ccc(NCC#Cc2cc3c(NC4CCN(C(C)C)CC4)cccc3n2CC(F)(F)F)c(OC)c1. The Morgan fingerprint density at radius 3 is 2.52 bits per heavy atom. The number of nitrogens with zero attached hydrogens (tertiary/aromatic N) is 2. The van der Waals surface area contributed by atoms with Gasteiger partial charge in [-0.2, -0.15) is 13.2 Å². The predicted octanol–water partition coefficient (Wildman–Crippen LogP) is 5.32. The summed E-state index contributed by atoms with van der Waals surface area (Å²) in [5.74, 6) is 6.10. The Kier molecular flexibility index (Phi) is 9.15. The molecule has 0 spiro atoms. The van der Waals surface area contributed by atoms with Gasteiger partial charge in [-0.15, -0.1) is 0 Å². The van der Waals surface area contributed by atoms with E-state index in [9.17, 15) is 18.0 Å². The molecule has 1 amide bonds. The van der Waals surface area contributed by atoms with E-state index in [4.69, 9.17) is 4.74 Å². The molecule has 1 aliphatic heterocycles. The summed E-state index contributed by atoms with van der Waals surface area (Å²) < 4.78 is 47.3. The van der Waals surface area contributed by atoms with Crippen LogP contribution in [0.5, 0.6) is 5.75 Å². The third-order valence-electron chi connectivity index (χ3n) is 7.18. The number of ether oxygens (including phenoxy) is 1. The molecular weight excluding hydrogens is 519 g/mol. The summed E-state index contributed by atoms with van der Waals surface area (Å²) >= 11 is 0. The molecule has 2 heterocycles. The molecule has 0 saturated carbocycles. The van der Waals surface area contributed by atoms with Crippen LogP contribution in [0, 0.1) is 11.8 Å². The van der Waals surface area contributed by atoms with Crippen molar-refractivity contribution in [1.82, 2.24) is 14.8 Å². The van der Waals surface area contributed by atoms with Crippen LogP contribution in [0.3, 0.4) is 0 Å². The maximum absolute atomic E-state index is 13.6. The minimum atomic E-state index is -4.40. The van der Waals surface area contributed by atoms with Crippen molar-refractivity contribution in [2.75, 3.05) is 44.4 Å². The molecule has 3 aromatic rings. The number of halogens is 3. The number of rotatable bonds is 8. The first-order valence-electron chi connectivity index (χ1n) is 13.4. The maximum Gasteiger partial charge on any atom is 0.406 e. The number of aromatic nitrogens is 1. The number of fused-ring (bicyclic) bond motifs is 1. The summed E-state index contributed by atoms with van der Waals surface area (Å²) in [6.45, 7) is 5.40. The first-order chi connectivity index (χ1) is 19.1. The van der Waals surface area contributed by atoms with E-state index in [1.54, 1.807) is 43.4 Å². The Labute approximate surface area is 233 Å². The zero-order valence-electron chi connectivity index (χ0n) is 23.3. The topological polar surface area (TPSA) is 70.6 Å². The Morgan fingerprint density at radius 2 is 1.88 bits per heavy atom. The lowest BCUT2D eigenvalue weighted by Crippen LogP contribution is -2.42. The summed E-state index contributed by atoms with van der Waals surface area (Å²) in [5.41, 5.74) is 2.67. The van der Waals surface area contributed by atoms with Gasteiger partial charge in [0.05, 0.1) is 30.6 Å². The van der Waals surface area contributed by atoms with Gasteiger partial charge in [-0.25, -0.2) is 0 Å². The third kappa shape index (κ3) is 7.02. The van der Waals surface area contributed by atoms with Crippen LogP contribution < -0.4 is 20.7 Å². The number of alkyl halides is 3. The van der Waals surface area contributed by atoms with E-state index < -0.39 is 12.7 Å². The Bertz CT molecular complexity index is 1400. The second kappa shape index (κ2) is 12.6. The van der Waals surface area contributed by atoms with E-state index in [0.29, 0.717) is 34.3 Å². The van der Waals surface area contributed by atoms with Crippen molar-refractivity contribution >= 4 is 28.2 Å². The van der Waals surface area contributed by atoms with Gasteiger partial charge in [0.2, 0.25) is 0 Å². The molecule has 214 valence electrons. The largest absolute Gasteiger partial charge is 0.495 e. The molecular formula is C30H36F3N5O2. The van der Waals surface area contributed by atoms with Crippen molar-refractivity contribution < 1.29 is 22.7 Å². The van der Waals surface area contributed by atoms with Gasteiger partial charge in [-0.05, 0) is 69.0 Å². The number of piperidine rings is 1. The van der Waals surface area contributed by atoms with Crippen molar-refractivity contribution in [2.24, 2.45) is 0 Å². The standard InChI is InChI=1S/C30H36F3N5O2/c1-20(2)37-15-12-22(13-16-37)36-25-8-5-9-27-24(25)18-23(38(27)19-30(31,32)33)7-6-14-35-26-11-10-21(29(39)34-3)17-28(26)40-4/h5,8-11,17-18,20,22,35-36H,12-16,19H2,1-4H3,(H,34,39). The van der Waals surface area contributed by atoms with Gasteiger partial charge in [0, 0.05) is 48.9 Å². The molecule has 7 nitrogen and oxygen atoms in total.